The highest BCUT2D eigenvalue weighted by atomic mass is 16.4. The van der Waals surface area contributed by atoms with Crippen molar-refractivity contribution in [1.82, 2.24) is 9.88 Å². The number of rotatable bonds is 4. The molecule has 1 fully saturated rings. The first-order valence-electron chi connectivity index (χ1n) is 7.22. The third-order valence-electron chi connectivity index (χ3n) is 3.82. The van der Waals surface area contributed by atoms with E-state index in [0.717, 1.165) is 12.8 Å². The van der Waals surface area contributed by atoms with Crippen molar-refractivity contribution in [2.75, 3.05) is 13.1 Å². The largest absolute Gasteiger partial charge is 0.438 e. The number of piperidine rings is 1. The Morgan fingerprint density at radius 1 is 1.38 bits per heavy atom. The first kappa shape index (κ1) is 14.0. The lowest BCUT2D eigenvalue weighted by Gasteiger charge is -2.30. The molecular formula is C15H19N3O3. The number of aliphatic hydroxyl groups excluding tert-OH is 1. The van der Waals surface area contributed by atoms with Crippen LogP contribution in [0.5, 0.6) is 0 Å². The lowest BCUT2D eigenvalue weighted by molar-refractivity contribution is -0.133. The van der Waals surface area contributed by atoms with Gasteiger partial charge in [0.05, 0.1) is 6.04 Å². The molecule has 3 N–H and O–H groups in total. The zero-order chi connectivity index (χ0) is 14.8. The van der Waals surface area contributed by atoms with E-state index in [1.54, 1.807) is 11.0 Å². The number of carbonyl (C=O) groups excluding carboxylic acids is 1. The summed E-state index contributed by atoms with van der Waals surface area (Å²) >= 11 is 0. The third kappa shape index (κ3) is 2.91. The van der Waals surface area contributed by atoms with Gasteiger partial charge in [-0.2, -0.15) is 0 Å². The molecule has 2 aromatic rings. The fourth-order valence-electron chi connectivity index (χ4n) is 2.61. The van der Waals surface area contributed by atoms with Crippen molar-refractivity contribution in [3.8, 4) is 0 Å². The standard InChI is InChI=1S/C15H19N3O3/c16-10(9-18-8-4-3-7-13(18)19)14(20)15-17-11-5-1-2-6-12(11)21-15/h1-2,5-6,10,14,20H,3-4,7-9,16H2/t10-,14?/m0/s1. The average Bonchev–Trinajstić information content (AvgIpc) is 2.92. The van der Waals surface area contributed by atoms with E-state index in [9.17, 15) is 9.90 Å². The van der Waals surface area contributed by atoms with Gasteiger partial charge in [0.2, 0.25) is 11.8 Å². The van der Waals surface area contributed by atoms with Gasteiger partial charge in [0.1, 0.15) is 11.6 Å². The van der Waals surface area contributed by atoms with Crippen LogP contribution in [0.1, 0.15) is 31.3 Å². The van der Waals surface area contributed by atoms with Gasteiger partial charge in [-0.15, -0.1) is 0 Å². The van der Waals surface area contributed by atoms with Crippen LogP contribution in [-0.2, 0) is 4.79 Å². The Balaban J connectivity index is 1.71. The maximum Gasteiger partial charge on any atom is 0.226 e. The smallest absolute Gasteiger partial charge is 0.226 e. The number of likely N-dealkylation sites (tertiary alicyclic amines) is 1. The lowest BCUT2D eigenvalue weighted by atomic mass is 10.1. The second-order valence-corrected chi connectivity index (χ2v) is 5.43. The van der Waals surface area contributed by atoms with Gasteiger partial charge < -0.3 is 20.2 Å². The molecule has 0 radical (unpaired) electrons. The minimum Gasteiger partial charge on any atom is -0.438 e. The summed E-state index contributed by atoms with van der Waals surface area (Å²) in [6, 6.07) is 6.69. The predicted molar refractivity (Wildman–Crippen MR) is 77.4 cm³/mol. The van der Waals surface area contributed by atoms with Crippen molar-refractivity contribution < 1.29 is 14.3 Å². The van der Waals surface area contributed by atoms with Crippen LogP contribution in [0.4, 0.5) is 0 Å². The number of aliphatic hydroxyl groups is 1. The molecular weight excluding hydrogens is 270 g/mol. The van der Waals surface area contributed by atoms with E-state index in [0.29, 0.717) is 30.6 Å². The van der Waals surface area contributed by atoms with E-state index in [-0.39, 0.29) is 11.8 Å². The zero-order valence-corrected chi connectivity index (χ0v) is 11.7. The second kappa shape index (κ2) is 5.83. The molecule has 112 valence electrons. The number of nitrogens with zero attached hydrogens (tertiary/aromatic N) is 2. The van der Waals surface area contributed by atoms with Gasteiger partial charge in [-0.1, -0.05) is 12.1 Å². The first-order chi connectivity index (χ1) is 10.1. The number of nitrogens with two attached hydrogens (primary N) is 1. The quantitative estimate of drug-likeness (QED) is 0.882. The van der Waals surface area contributed by atoms with Gasteiger partial charge in [0, 0.05) is 19.5 Å². The molecule has 1 aromatic carbocycles. The average molecular weight is 289 g/mol. The molecule has 0 aliphatic carbocycles. The highest BCUT2D eigenvalue weighted by Crippen LogP contribution is 2.22. The van der Waals surface area contributed by atoms with Crippen LogP contribution in [0.3, 0.4) is 0 Å². The van der Waals surface area contributed by atoms with Crippen molar-refractivity contribution in [2.45, 2.75) is 31.4 Å². The number of carbonyl (C=O) groups is 1. The van der Waals surface area contributed by atoms with E-state index >= 15 is 0 Å². The highest BCUT2D eigenvalue weighted by Gasteiger charge is 2.27. The summed E-state index contributed by atoms with van der Waals surface area (Å²) in [5, 5.41) is 10.3. The van der Waals surface area contributed by atoms with Crippen molar-refractivity contribution in [3.63, 3.8) is 0 Å². The summed E-state index contributed by atoms with van der Waals surface area (Å²) in [6.07, 6.45) is 1.45. The summed E-state index contributed by atoms with van der Waals surface area (Å²) in [7, 11) is 0. The topological polar surface area (TPSA) is 92.6 Å². The van der Waals surface area contributed by atoms with Gasteiger partial charge in [-0.05, 0) is 25.0 Å². The monoisotopic (exact) mass is 289 g/mol. The number of fused-ring (bicyclic) bond motifs is 1. The van der Waals surface area contributed by atoms with Crippen LogP contribution >= 0.6 is 0 Å². The number of aromatic nitrogens is 1. The van der Waals surface area contributed by atoms with E-state index in [1.165, 1.54) is 0 Å². The van der Waals surface area contributed by atoms with E-state index in [1.807, 2.05) is 18.2 Å². The Kier molecular flexibility index (Phi) is 3.90. The number of benzene rings is 1. The third-order valence-corrected chi connectivity index (χ3v) is 3.82. The van der Waals surface area contributed by atoms with Crippen LogP contribution in [0.25, 0.3) is 11.1 Å². The molecule has 3 rings (SSSR count). The van der Waals surface area contributed by atoms with E-state index < -0.39 is 12.1 Å². The summed E-state index contributed by atoms with van der Waals surface area (Å²) < 4.78 is 5.52. The fraction of sp³-hybridized carbons (Fsp3) is 0.467. The summed E-state index contributed by atoms with van der Waals surface area (Å²) in [6.45, 7) is 1.02. The molecule has 6 nitrogen and oxygen atoms in total. The Bertz CT molecular complexity index is 607. The molecule has 1 unspecified atom stereocenters. The molecule has 0 spiro atoms. The summed E-state index contributed by atoms with van der Waals surface area (Å²) in [5.74, 6) is 0.301. The van der Waals surface area contributed by atoms with Crippen LogP contribution in [0.15, 0.2) is 28.7 Å². The number of hydrogen-bond donors (Lipinski definition) is 2. The molecule has 21 heavy (non-hydrogen) atoms. The Morgan fingerprint density at radius 2 is 2.19 bits per heavy atom. The first-order valence-corrected chi connectivity index (χ1v) is 7.22. The SMILES string of the molecule is N[C@@H](CN1CCCCC1=O)C(O)c1nc2ccccc2o1. The van der Waals surface area contributed by atoms with E-state index in [4.69, 9.17) is 10.2 Å². The normalized spacial score (nSPS) is 19.0. The maximum atomic E-state index is 11.8. The van der Waals surface area contributed by atoms with Gasteiger partial charge in [-0.25, -0.2) is 4.98 Å². The minimum atomic E-state index is -1.02. The van der Waals surface area contributed by atoms with Crippen LogP contribution in [0, 0.1) is 0 Å². The van der Waals surface area contributed by atoms with Crippen molar-refractivity contribution in [2.24, 2.45) is 5.73 Å². The number of para-hydroxylation sites is 2. The molecule has 2 atom stereocenters. The van der Waals surface area contributed by atoms with Crippen LogP contribution < -0.4 is 5.73 Å². The molecule has 2 heterocycles. The van der Waals surface area contributed by atoms with Crippen molar-refractivity contribution in [1.29, 1.82) is 0 Å². The van der Waals surface area contributed by atoms with Gasteiger partial charge in [0.25, 0.3) is 0 Å². The van der Waals surface area contributed by atoms with Crippen LogP contribution in [0.2, 0.25) is 0 Å². The van der Waals surface area contributed by atoms with Gasteiger partial charge in [-0.3, -0.25) is 4.79 Å². The number of amides is 1. The molecule has 1 aliphatic heterocycles. The molecule has 1 saturated heterocycles. The van der Waals surface area contributed by atoms with Gasteiger partial charge >= 0.3 is 0 Å². The van der Waals surface area contributed by atoms with Crippen LogP contribution in [-0.4, -0.2) is 40.0 Å². The molecule has 1 aliphatic rings. The highest BCUT2D eigenvalue weighted by molar-refractivity contribution is 5.76. The predicted octanol–water partition coefficient (Wildman–Crippen LogP) is 1.20. The zero-order valence-electron chi connectivity index (χ0n) is 11.7. The molecule has 1 amide bonds. The fourth-order valence-corrected chi connectivity index (χ4v) is 2.61. The minimum absolute atomic E-state index is 0.0986. The Labute approximate surface area is 122 Å². The maximum absolute atomic E-state index is 11.8. The van der Waals surface area contributed by atoms with Crippen molar-refractivity contribution in [3.05, 3.63) is 30.2 Å². The number of hydrogen-bond acceptors (Lipinski definition) is 5. The molecule has 0 saturated carbocycles. The van der Waals surface area contributed by atoms with Crippen molar-refractivity contribution >= 4 is 17.0 Å². The lowest BCUT2D eigenvalue weighted by Crippen LogP contribution is -2.46. The molecule has 0 bridgehead atoms. The Hall–Kier alpha value is -1.92. The summed E-state index contributed by atoms with van der Waals surface area (Å²) in [4.78, 5) is 17.7. The summed E-state index contributed by atoms with van der Waals surface area (Å²) in [5.41, 5.74) is 7.33. The number of oxazole rings is 1. The molecule has 6 heteroatoms. The molecule has 1 aromatic heterocycles. The van der Waals surface area contributed by atoms with E-state index in [2.05, 4.69) is 4.98 Å². The Morgan fingerprint density at radius 3 is 2.95 bits per heavy atom. The second-order valence-electron chi connectivity index (χ2n) is 5.43. The van der Waals surface area contributed by atoms with Gasteiger partial charge in [0.15, 0.2) is 5.58 Å².